The molecule has 0 saturated carbocycles. The average Bonchev–Trinajstić information content (AvgIpc) is 2.70. The van der Waals surface area contributed by atoms with E-state index in [4.69, 9.17) is 5.11 Å². The van der Waals surface area contributed by atoms with Gasteiger partial charge in [0.2, 0.25) is 0 Å². The lowest BCUT2D eigenvalue weighted by Gasteiger charge is -2.06. The number of hydrogen-bond donors (Lipinski definition) is 2. The lowest BCUT2D eigenvalue weighted by atomic mass is 10.0. The van der Waals surface area contributed by atoms with Gasteiger partial charge in [-0.1, -0.05) is 30.3 Å². The molecule has 0 atom stereocenters. The number of benzene rings is 2. The van der Waals surface area contributed by atoms with Crippen molar-refractivity contribution in [2.24, 2.45) is 7.05 Å². The van der Waals surface area contributed by atoms with Crippen molar-refractivity contribution in [3.05, 3.63) is 53.6 Å². The number of aryl methyl sites for hydroxylation is 2. The van der Waals surface area contributed by atoms with Gasteiger partial charge in [-0.3, -0.25) is 0 Å². The van der Waals surface area contributed by atoms with E-state index in [0.717, 1.165) is 27.7 Å². The second-order valence-corrected chi connectivity index (χ2v) is 5.09. The van der Waals surface area contributed by atoms with Crippen LogP contribution in [-0.4, -0.2) is 20.7 Å². The van der Waals surface area contributed by atoms with Crippen molar-refractivity contribution >= 4 is 16.9 Å². The van der Waals surface area contributed by atoms with Crippen LogP contribution in [0.3, 0.4) is 0 Å². The summed E-state index contributed by atoms with van der Waals surface area (Å²) in [7, 11) is 1.91. The molecule has 3 aromatic rings. The summed E-state index contributed by atoms with van der Waals surface area (Å²) in [5.74, 6) is -1.34. The molecule has 1 aromatic heterocycles. The molecule has 0 unspecified atom stereocenters. The third kappa shape index (κ3) is 1.96. The molecule has 106 valence electrons. The monoisotopic (exact) mass is 281 g/mol. The predicted molar refractivity (Wildman–Crippen MR) is 81.7 cm³/mol. The smallest absolute Gasteiger partial charge is 0.339 e. The van der Waals surface area contributed by atoms with Crippen LogP contribution in [0.2, 0.25) is 0 Å². The van der Waals surface area contributed by atoms with E-state index in [1.165, 1.54) is 12.1 Å². The molecule has 0 radical (unpaired) electrons. The maximum absolute atomic E-state index is 11.2. The fraction of sp³-hybridized carbons (Fsp3) is 0.118. The summed E-state index contributed by atoms with van der Waals surface area (Å²) in [5.41, 5.74) is 3.82. The van der Waals surface area contributed by atoms with Crippen molar-refractivity contribution in [1.82, 2.24) is 4.57 Å². The molecule has 4 heteroatoms. The van der Waals surface area contributed by atoms with Gasteiger partial charge in [-0.15, -0.1) is 0 Å². The number of fused-ring (bicyclic) bond motifs is 1. The van der Waals surface area contributed by atoms with Gasteiger partial charge in [-0.2, -0.15) is 0 Å². The summed E-state index contributed by atoms with van der Waals surface area (Å²) in [4.78, 5) is 11.2. The molecule has 2 aromatic carbocycles. The summed E-state index contributed by atoms with van der Waals surface area (Å²) < 4.78 is 1.98. The minimum absolute atomic E-state index is 0.0733. The normalized spacial score (nSPS) is 11.0. The van der Waals surface area contributed by atoms with Crippen LogP contribution in [0.1, 0.15) is 15.9 Å². The molecule has 0 aliphatic rings. The number of aromatic carboxylic acids is 1. The number of aromatic nitrogens is 1. The van der Waals surface area contributed by atoms with Gasteiger partial charge in [-0.25, -0.2) is 4.79 Å². The third-order valence-corrected chi connectivity index (χ3v) is 3.85. The molecule has 1 heterocycles. The van der Waals surface area contributed by atoms with Gasteiger partial charge in [0.15, 0.2) is 0 Å². The van der Waals surface area contributed by atoms with Crippen LogP contribution in [0, 0.1) is 6.92 Å². The highest BCUT2D eigenvalue weighted by atomic mass is 16.4. The molecule has 0 fully saturated rings. The molecule has 4 nitrogen and oxygen atoms in total. The van der Waals surface area contributed by atoms with Crippen molar-refractivity contribution in [2.45, 2.75) is 6.92 Å². The Morgan fingerprint density at radius 1 is 1.14 bits per heavy atom. The van der Waals surface area contributed by atoms with Gasteiger partial charge in [0.1, 0.15) is 11.3 Å². The number of carboxylic acids is 1. The SMILES string of the molecule is Cc1c(-c2ccccc2)n(C)c2cc(O)c(C(=O)O)cc12. The van der Waals surface area contributed by atoms with E-state index in [-0.39, 0.29) is 11.3 Å². The number of phenols is 1. The minimum atomic E-state index is -1.13. The summed E-state index contributed by atoms with van der Waals surface area (Å²) in [6, 6.07) is 13.0. The highest BCUT2D eigenvalue weighted by Gasteiger charge is 2.18. The Labute approximate surface area is 121 Å². The standard InChI is InChI=1S/C17H15NO3/c1-10-12-8-13(17(20)21)15(19)9-14(12)18(2)16(10)11-6-4-3-5-7-11/h3-9,19H,1-2H3,(H,20,21). The second kappa shape index (κ2) is 4.66. The van der Waals surface area contributed by atoms with Gasteiger partial charge in [0.25, 0.3) is 0 Å². The molecule has 0 bridgehead atoms. The molecular weight excluding hydrogens is 266 g/mol. The first-order chi connectivity index (χ1) is 10.0. The predicted octanol–water partition coefficient (Wildman–Crippen LogP) is 3.56. The van der Waals surface area contributed by atoms with E-state index in [1.807, 2.05) is 48.9 Å². The summed E-state index contributed by atoms with van der Waals surface area (Å²) in [5, 5.41) is 19.9. The van der Waals surface area contributed by atoms with Crippen LogP contribution in [0.25, 0.3) is 22.2 Å². The molecular formula is C17H15NO3. The largest absolute Gasteiger partial charge is 0.507 e. The van der Waals surface area contributed by atoms with E-state index in [2.05, 4.69) is 0 Å². The first kappa shape index (κ1) is 13.2. The zero-order valence-corrected chi connectivity index (χ0v) is 11.8. The van der Waals surface area contributed by atoms with Crippen molar-refractivity contribution < 1.29 is 15.0 Å². The van der Waals surface area contributed by atoms with Crippen LogP contribution >= 0.6 is 0 Å². The van der Waals surface area contributed by atoms with E-state index >= 15 is 0 Å². The number of nitrogens with zero attached hydrogens (tertiary/aromatic N) is 1. The van der Waals surface area contributed by atoms with Gasteiger partial charge in [0, 0.05) is 18.5 Å². The average molecular weight is 281 g/mol. The number of rotatable bonds is 2. The summed E-state index contributed by atoms with van der Waals surface area (Å²) in [6.45, 7) is 1.97. The fourth-order valence-corrected chi connectivity index (χ4v) is 2.83. The van der Waals surface area contributed by atoms with Crippen LogP contribution in [0.4, 0.5) is 0 Å². The fourth-order valence-electron chi connectivity index (χ4n) is 2.83. The molecule has 2 N–H and O–H groups in total. The lowest BCUT2D eigenvalue weighted by molar-refractivity contribution is 0.0694. The van der Waals surface area contributed by atoms with E-state index in [0.29, 0.717) is 0 Å². The maximum Gasteiger partial charge on any atom is 0.339 e. The third-order valence-electron chi connectivity index (χ3n) is 3.85. The Morgan fingerprint density at radius 2 is 1.81 bits per heavy atom. The van der Waals surface area contributed by atoms with Gasteiger partial charge in [-0.05, 0) is 24.1 Å². The minimum Gasteiger partial charge on any atom is -0.507 e. The highest BCUT2D eigenvalue weighted by Crippen LogP contribution is 2.35. The highest BCUT2D eigenvalue weighted by molar-refractivity contribution is 6.00. The molecule has 0 saturated heterocycles. The molecule has 0 amide bonds. The molecule has 3 rings (SSSR count). The Kier molecular flexibility index (Phi) is 2.94. The molecule has 21 heavy (non-hydrogen) atoms. The van der Waals surface area contributed by atoms with Crippen LogP contribution in [-0.2, 0) is 7.05 Å². The van der Waals surface area contributed by atoms with Crippen molar-refractivity contribution in [3.63, 3.8) is 0 Å². The first-order valence-electron chi connectivity index (χ1n) is 6.61. The van der Waals surface area contributed by atoms with E-state index in [9.17, 15) is 9.90 Å². The Balaban J connectivity index is 2.37. The quantitative estimate of drug-likeness (QED) is 0.755. The summed E-state index contributed by atoms with van der Waals surface area (Å²) in [6.07, 6.45) is 0. The Bertz CT molecular complexity index is 848. The van der Waals surface area contributed by atoms with Crippen LogP contribution in [0.5, 0.6) is 5.75 Å². The van der Waals surface area contributed by atoms with Gasteiger partial charge < -0.3 is 14.8 Å². The van der Waals surface area contributed by atoms with Crippen LogP contribution in [0.15, 0.2) is 42.5 Å². The van der Waals surface area contributed by atoms with Gasteiger partial charge >= 0.3 is 5.97 Å². The maximum atomic E-state index is 11.2. The van der Waals surface area contributed by atoms with Crippen molar-refractivity contribution in [1.29, 1.82) is 0 Å². The van der Waals surface area contributed by atoms with Crippen LogP contribution < -0.4 is 0 Å². The zero-order chi connectivity index (χ0) is 15.1. The van der Waals surface area contributed by atoms with Gasteiger partial charge in [0.05, 0.1) is 11.2 Å². The Hall–Kier alpha value is -2.75. The van der Waals surface area contributed by atoms with Crippen molar-refractivity contribution in [3.8, 4) is 17.0 Å². The topological polar surface area (TPSA) is 62.5 Å². The number of aromatic hydroxyl groups is 1. The number of hydrogen-bond acceptors (Lipinski definition) is 2. The van der Waals surface area contributed by atoms with E-state index in [1.54, 1.807) is 0 Å². The van der Waals surface area contributed by atoms with E-state index < -0.39 is 5.97 Å². The molecule has 0 aliphatic heterocycles. The lowest BCUT2D eigenvalue weighted by Crippen LogP contribution is -1.97. The molecule has 0 spiro atoms. The Morgan fingerprint density at radius 3 is 2.43 bits per heavy atom. The van der Waals surface area contributed by atoms with Crippen molar-refractivity contribution in [2.75, 3.05) is 0 Å². The number of carbonyl (C=O) groups is 1. The second-order valence-electron chi connectivity index (χ2n) is 5.09. The molecule has 0 aliphatic carbocycles. The first-order valence-corrected chi connectivity index (χ1v) is 6.61. The number of carboxylic acid groups (broad SMARTS) is 1. The summed E-state index contributed by atoms with van der Waals surface area (Å²) >= 11 is 0. The zero-order valence-electron chi connectivity index (χ0n) is 11.8.